The Morgan fingerprint density at radius 1 is 0.966 bits per heavy atom. The highest BCUT2D eigenvalue weighted by Gasteiger charge is 2.30. The van der Waals surface area contributed by atoms with Gasteiger partial charge in [-0.15, -0.1) is 0 Å². The van der Waals surface area contributed by atoms with Crippen molar-refractivity contribution in [3.8, 4) is 0 Å². The Balaban J connectivity index is 1.69. The van der Waals surface area contributed by atoms with Crippen molar-refractivity contribution in [2.24, 2.45) is 0 Å². The predicted molar refractivity (Wildman–Crippen MR) is 108 cm³/mol. The second-order valence-electron chi connectivity index (χ2n) is 6.81. The number of carbonyl (C=O) groups excluding carboxylic acids is 2. The van der Waals surface area contributed by atoms with E-state index in [1.807, 2.05) is 0 Å². The van der Waals surface area contributed by atoms with Crippen molar-refractivity contribution in [2.75, 3.05) is 19.7 Å². The van der Waals surface area contributed by atoms with Crippen LogP contribution in [-0.4, -0.2) is 46.0 Å². The van der Waals surface area contributed by atoms with E-state index >= 15 is 0 Å². The van der Waals surface area contributed by atoms with Crippen LogP contribution in [0.3, 0.4) is 0 Å². The highest BCUT2D eigenvalue weighted by Crippen LogP contribution is 2.28. The summed E-state index contributed by atoms with van der Waals surface area (Å²) in [5, 5.41) is 3.98. The smallest absolute Gasteiger partial charge is 0.309 e. The van der Waals surface area contributed by atoms with Crippen LogP contribution in [0.15, 0.2) is 65.6 Å². The topological polar surface area (TPSA) is 102 Å². The predicted octanol–water partition coefficient (Wildman–Crippen LogP) is 1.61. The summed E-state index contributed by atoms with van der Waals surface area (Å²) >= 11 is 0. The van der Waals surface area contributed by atoms with Gasteiger partial charge in [0.15, 0.2) is 9.84 Å². The summed E-state index contributed by atoms with van der Waals surface area (Å²) in [5.74, 6) is -1.67. The van der Waals surface area contributed by atoms with Crippen molar-refractivity contribution in [1.82, 2.24) is 10.6 Å². The van der Waals surface area contributed by atoms with E-state index in [2.05, 4.69) is 10.6 Å². The maximum absolute atomic E-state index is 13.1. The molecule has 1 fully saturated rings. The fraction of sp³-hybridized carbons (Fsp3) is 0.333. The van der Waals surface area contributed by atoms with Crippen LogP contribution in [0, 0.1) is 0 Å². The molecule has 0 radical (unpaired) electrons. The number of hydrogen-bond donors (Lipinski definition) is 2. The van der Waals surface area contributed by atoms with Gasteiger partial charge in [0, 0.05) is 19.7 Å². The van der Waals surface area contributed by atoms with Crippen molar-refractivity contribution >= 4 is 21.7 Å². The Kier molecular flexibility index (Phi) is 7.00. The summed E-state index contributed by atoms with van der Waals surface area (Å²) in [5.41, 5.74) is 0.538. The molecule has 29 heavy (non-hydrogen) atoms. The Hall–Kier alpha value is -2.71. The number of sulfone groups is 1. The quantitative estimate of drug-likeness (QED) is 0.668. The second-order valence-corrected chi connectivity index (χ2v) is 8.94. The zero-order valence-corrected chi connectivity index (χ0v) is 16.7. The number of amides is 2. The van der Waals surface area contributed by atoms with E-state index in [0.29, 0.717) is 12.2 Å². The highest BCUT2D eigenvalue weighted by molar-refractivity contribution is 7.91. The van der Waals surface area contributed by atoms with E-state index in [1.165, 1.54) is 12.1 Å². The maximum Gasteiger partial charge on any atom is 0.309 e. The van der Waals surface area contributed by atoms with Gasteiger partial charge in [0.05, 0.1) is 11.0 Å². The van der Waals surface area contributed by atoms with Gasteiger partial charge in [-0.1, -0.05) is 48.5 Å². The monoisotopic (exact) mass is 416 g/mol. The molecule has 0 unspecified atom stereocenters. The van der Waals surface area contributed by atoms with Crippen molar-refractivity contribution < 1.29 is 22.7 Å². The van der Waals surface area contributed by atoms with Gasteiger partial charge in [-0.3, -0.25) is 9.59 Å². The molecule has 7 nitrogen and oxygen atoms in total. The third-order valence-electron chi connectivity index (χ3n) is 4.79. The minimum Gasteiger partial charge on any atom is -0.376 e. The number of benzene rings is 2. The van der Waals surface area contributed by atoms with Crippen LogP contribution in [0.4, 0.5) is 0 Å². The average molecular weight is 416 g/mol. The summed E-state index contributed by atoms with van der Waals surface area (Å²) in [7, 11) is -3.77. The summed E-state index contributed by atoms with van der Waals surface area (Å²) in [6.45, 7) is 0.701. The van der Waals surface area contributed by atoms with Gasteiger partial charge >= 0.3 is 11.8 Å². The summed E-state index contributed by atoms with van der Waals surface area (Å²) in [4.78, 5) is 24.4. The lowest BCUT2D eigenvalue weighted by Gasteiger charge is -2.19. The van der Waals surface area contributed by atoms with Crippen molar-refractivity contribution in [2.45, 2.75) is 29.1 Å². The van der Waals surface area contributed by atoms with Gasteiger partial charge in [0.2, 0.25) is 0 Å². The lowest BCUT2D eigenvalue weighted by molar-refractivity contribution is -0.139. The molecule has 2 atom stereocenters. The van der Waals surface area contributed by atoms with Crippen LogP contribution in [0.25, 0.3) is 0 Å². The zero-order chi connectivity index (χ0) is 20.7. The summed E-state index contributed by atoms with van der Waals surface area (Å²) in [6, 6.07) is 16.7. The van der Waals surface area contributed by atoms with E-state index in [9.17, 15) is 18.0 Å². The molecular weight excluding hydrogens is 392 g/mol. The number of carbonyl (C=O) groups is 2. The van der Waals surface area contributed by atoms with E-state index in [1.54, 1.807) is 48.5 Å². The Morgan fingerprint density at radius 2 is 1.59 bits per heavy atom. The highest BCUT2D eigenvalue weighted by atomic mass is 32.2. The van der Waals surface area contributed by atoms with E-state index in [0.717, 1.165) is 12.8 Å². The molecule has 2 aromatic carbocycles. The largest absolute Gasteiger partial charge is 0.376 e. The maximum atomic E-state index is 13.1. The van der Waals surface area contributed by atoms with Crippen molar-refractivity contribution in [3.63, 3.8) is 0 Å². The third-order valence-corrected chi connectivity index (χ3v) is 6.90. The first-order chi connectivity index (χ1) is 14.0. The number of nitrogens with one attached hydrogen (secondary N) is 2. The molecule has 2 N–H and O–H groups in total. The fourth-order valence-corrected chi connectivity index (χ4v) is 4.89. The molecule has 2 amide bonds. The lowest BCUT2D eigenvalue weighted by Crippen LogP contribution is -2.44. The first-order valence-corrected chi connectivity index (χ1v) is 11.0. The zero-order valence-electron chi connectivity index (χ0n) is 15.9. The Labute approximate surface area is 170 Å². The van der Waals surface area contributed by atoms with Crippen molar-refractivity contribution in [3.05, 3.63) is 66.2 Å². The van der Waals surface area contributed by atoms with Crippen molar-refractivity contribution in [1.29, 1.82) is 0 Å². The minimum absolute atomic E-state index is 0.0812. The summed E-state index contributed by atoms with van der Waals surface area (Å²) < 4.78 is 31.7. The van der Waals surface area contributed by atoms with Crippen LogP contribution in [0.5, 0.6) is 0 Å². The number of ether oxygens (including phenoxy) is 1. The number of hydrogen-bond acceptors (Lipinski definition) is 5. The molecule has 154 valence electrons. The molecule has 8 heteroatoms. The first-order valence-electron chi connectivity index (χ1n) is 9.50. The standard InChI is InChI=1S/C21H24N2O5S/c24-20(22-14-17-10-7-13-28-17)21(25)23-15-19(16-8-3-1-4-9-16)29(26,27)18-11-5-2-6-12-18/h1-6,8-9,11-12,17,19H,7,10,13-15H2,(H,22,24)(H,23,25)/t17-,19-/m1/s1. The lowest BCUT2D eigenvalue weighted by atomic mass is 10.1. The van der Waals surface area contributed by atoms with Gasteiger partial charge in [-0.2, -0.15) is 0 Å². The van der Waals surface area contributed by atoms with E-state index in [4.69, 9.17) is 4.74 Å². The Bertz CT molecular complexity index is 926. The molecule has 3 rings (SSSR count). The van der Waals surface area contributed by atoms with E-state index < -0.39 is 26.9 Å². The van der Waals surface area contributed by atoms with Crippen LogP contribution in [-0.2, 0) is 24.2 Å². The number of rotatable bonds is 7. The minimum atomic E-state index is -3.77. The molecule has 1 saturated heterocycles. The molecule has 1 heterocycles. The van der Waals surface area contributed by atoms with Gasteiger partial charge < -0.3 is 15.4 Å². The molecular formula is C21H24N2O5S. The molecule has 1 aliphatic heterocycles. The van der Waals surface area contributed by atoms with Crippen LogP contribution in [0.2, 0.25) is 0 Å². The molecule has 1 aliphatic rings. The fourth-order valence-electron chi connectivity index (χ4n) is 3.21. The van der Waals surface area contributed by atoms with Gasteiger partial charge in [0.1, 0.15) is 5.25 Å². The molecule has 0 bridgehead atoms. The third kappa shape index (κ3) is 5.42. The second kappa shape index (κ2) is 9.67. The molecule has 0 spiro atoms. The Morgan fingerprint density at radius 3 is 2.21 bits per heavy atom. The average Bonchev–Trinajstić information content (AvgIpc) is 3.27. The van der Waals surface area contributed by atoms with Gasteiger partial charge in [-0.05, 0) is 30.5 Å². The van der Waals surface area contributed by atoms with Crippen LogP contribution in [0.1, 0.15) is 23.7 Å². The summed E-state index contributed by atoms with van der Waals surface area (Å²) in [6.07, 6.45) is 1.69. The molecule has 0 aromatic heterocycles. The van der Waals surface area contributed by atoms with Crippen LogP contribution < -0.4 is 10.6 Å². The first kappa shape index (κ1) is 21.0. The van der Waals surface area contributed by atoms with Gasteiger partial charge in [0.25, 0.3) is 0 Å². The van der Waals surface area contributed by atoms with Gasteiger partial charge in [-0.25, -0.2) is 8.42 Å². The SMILES string of the molecule is O=C(NC[C@H]1CCCO1)C(=O)NC[C@H](c1ccccc1)S(=O)(=O)c1ccccc1. The molecule has 2 aromatic rings. The van der Waals surface area contributed by atoms with E-state index in [-0.39, 0.29) is 24.1 Å². The normalized spacial score (nSPS) is 17.4. The molecule has 0 aliphatic carbocycles. The molecule has 0 saturated carbocycles. The van der Waals surface area contributed by atoms with Crippen LogP contribution >= 0.6 is 0 Å².